The minimum absolute atomic E-state index is 0.188. The molecule has 0 aliphatic rings. The van der Waals surface area contributed by atoms with E-state index in [0.717, 1.165) is 18.4 Å². The summed E-state index contributed by atoms with van der Waals surface area (Å²) in [5, 5.41) is 10.1. The lowest BCUT2D eigenvalue weighted by Gasteiger charge is -2.19. The van der Waals surface area contributed by atoms with E-state index < -0.39 is 6.10 Å². The molecule has 1 aromatic carbocycles. The number of rotatable bonds is 4. The normalized spacial score (nSPS) is 13.2. The van der Waals surface area contributed by atoms with Crippen LogP contribution in [0.5, 0.6) is 0 Å². The number of aliphatic hydroxyl groups excluding tert-OH is 1. The van der Waals surface area contributed by atoms with Crippen LogP contribution in [0, 0.1) is 0 Å². The largest absolute Gasteiger partial charge is 0.388 e. The van der Waals surface area contributed by atoms with Crippen molar-refractivity contribution in [3.8, 4) is 0 Å². The van der Waals surface area contributed by atoms with Gasteiger partial charge in [-0.05, 0) is 41.0 Å². The molecule has 1 heterocycles. The summed E-state index contributed by atoms with van der Waals surface area (Å²) in [6.07, 6.45) is 4.61. The van der Waals surface area contributed by atoms with Crippen molar-refractivity contribution >= 4 is 0 Å². The maximum absolute atomic E-state index is 10.1. The van der Waals surface area contributed by atoms with E-state index in [1.54, 1.807) is 12.4 Å². The quantitative estimate of drug-likeness (QED) is 0.908. The van der Waals surface area contributed by atoms with Crippen molar-refractivity contribution in [2.45, 2.75) is 45.1 Å². The number of hydrogen-bond donors (Lipinski definition) is 1. The number of aromatic nitrogens is 1. The molecule has 0 saturated carbocycles. The second-order valence-corrected chi connectivity index (χ2v) is 6.29. The van der Waals surface area contributed by atoms with Gasteiger partial charge in [-0.15, -0.1) is 0 Å². The van der Waals surface area contributed by atoms with Crippen molar-refractivity contribution in [1.29, 1.82) is 0 Å². The van der Waals surface area contributed by atoms with Crippen LogP contribution in [0.3, 0.4) is 0 Å². The van der Waals surface area contributed by atoms with Crippen LogP contribution < -0.4 is 0 Å². The molecule has 0 aliphatic carbocycles. The standard InChI is InChI=1S/C18H23NO/c1-18(2,3)16-9-6-14(7-10-16)8-11-17(20)15-5-4-12-19-13-15/h4-7,9-10,12-13,17,20H,8,11H2,1-3H3. The monoisotopic (exact) mass is 269 g/mol. The Balaban J connectivity index is 1.94. The van der Waals surface area contributed by atoms with Crippen molar-refractivity contribution in [3.63, 3.8) is 0 Å². The molecule has 0 aliphatic heterocycles. The Morgan fingerprint density at radius 3 is 2.35 bits per heavy atom. The molecule has 1 unspecified atom stereocenters. The lowest BCUT2D eigenvalue weighted by Crippen LogP contribution is -2.10. The van der Waals surface area contributed by atoms with Crippen LogP contribution in [-0.2, 0) is 11.8 Å². The average Bonchev–Trinajstić information content (AvgIpc) is 2.45. The van der Waals surface area contributed by atoms with Crippen LogP contribution in [0.4, 0.5) is 0 Å². The Kier molecular flexibility index (Phi) is 4.56. The fraction of sp³-hybridized carbons (Fsp3) is 0.389. The second-order valence-electron chi connectivity index (χ2n) is 6.29. The first-order valence-electron chi connectivity index (χ1n) is 7.14. The summed E-state index contributed by atoms with van der Waals surface area (Å²) in [7, 11) is 0. The molecular formula is C18H23NO. The summed E-state index contributed by atoms with van der Waals surface area (Å²) >= 11 is 0. The van der Waals surface area contributed by atoms with Crippen LogP contribution in [0.25, 0.3) is 0 Å². The Labute approximate surface area is 121 Å². The zero-order chi connectivity index (χ0) is 14.6. The topological polar surface area (TPSA) is 33.1 Å². The number of benzene rings is 1. The van der Waals surface area contributed by atoms with Gasteiger partial charge in [-0.1, -0.05) is 51.1 Å². The van der Waals surface area contributed by atoms with E-state index in [1.165, 1.54) is 11.1 Å². The third-order valence-electron chi connectivity index (χ3n) is 3.60. The first-order valence-corrected chi connectivity index (χ1v) is 7.14. The first kappa shape index (κ1) is 14.7. The zero-order valence-corrected chi connectivity index (χ0v) is 12.5. The second kappa shape index (κ2) is 6.19. The number of nitrogens with zero attached hydrogens (tertiary/aromatic N) is 1. The Morgan fingerprint density at radius 2 is 1.80 bits per heavy atom. The fourth-order valence-electron chi connectivity index (χ4n) is 2.21. The Morgan fingerprint density at radius 1 is 1.10 bits per heavy atom. The highest BCUT2D eigenvalue weighted by molar-refractivity contribution is 5.27. The molecule has 20 heavy (non-hydrogen) atoms. The van der Waals surface area contributed by atoms with Gasteiger partial charge in [-0.25, -0.2) is 0 Å². The highest BCUT2D eigenvalue weighted by Crippen LogP contribution is 2.23. The predicted octanol–water partition coefficient (Wildman–Crippen LogP) is 4.05. The van der Waals surface area contributed by atoms with Gasteiger partial charge >= 0.3 is 0 Å². The summed E-state index contributed by atoms with van der Waals surface area (Å²) in [6, 6.07) is 12.5. The van der Waals surface area contributed by atoms with E-state index in [1.807, 2.05) is 12.1 Å². The van der Waals surface area contributed by atoms with Crippen molar-refractivity contribution in [2.75, 3.05) is 0 Å². The SMILES string of the molecule is CC(C)(C)c1ccc(CCC(O)c2cccnc2)cc1. The van der Waals surface area contributed by atoms with Gasteiger partial charge in [0, 0.05) is 12.4 Å². The summed E-state index contributed by atoms with van der Waals surface area (Å²) in [6.45, 7) is 6.65. The van der Waals surface area contributed by atoms with Crippen molar-refractivity contribution in [2.24, 2.45) is 0 Å². The highest BCUT2D eigenvalue weighted by Gasteiger charge is 2.13. The molecule has 106 valence electrons. The average molecular weight is 269 g/mol. The van der Waals surface area contributed by atoms with Gasteiger partial charge in [0.25, 0.3) is 0 Å². The van der Waals surface area contributed by atoms with E-state index in [-0.39, 0.29) is 5.41 Å². The van der Waals surface area contributed by atoms with Crippen LogP contribution in [0.2, 0.25) is 0 Å². The smallest absolute Gasteiger partial charge is 0.0808 e. The van der Waals surface area contributed by atoms with E-state index in [4.69, 9.17) is 0 Å². The lowest BCUT2D eigenvalue weighted by atomic mass is 9.86. The first-order chi connectivity index (χ1) is 9.47. The van der Waals surface area contributed by atoms with Crippen molar-refractivity contribution in [1.82, 2.24) is 4.98 Å². The molecule has 2 heteroatoms. The molecular weight excluding hydrogens is 246 g/mol. The summed E-state index contributed by atoms with van der Waals surface area (Å²) < 4.78 is 0. The number of aryl methyl sites for hydroxylation is 1. The van der Waals surface area contributed by atoms with Crippen LogP contribution in [0.15, 0.2) is 48.8 Å². The molecule has 0 spiro atoms. The Hall–Kier alpha value is -1.67. The van der Waals surface area contributed by atoms with E-state index in [2.05, 4.69) is 50.0 Å². The number of hydrogen-bond acceptors (Lipinski definition) is 2. The zero-order valence-electron chi connectivity index (χ0n) is 12.5. The molecule has 1 atom stereocenters. The maximum atomic E-state index is 10.1. The fourth-order valence-corrected chi connectivity index (χ4v) is 2.21. The molecule has 0 saturated heterocycles. The van der Waals surface area contributed by atoms with E-state index >= 15 is 0 Å². The predicted molar refractivity (Wildman–Crippen MR) is 82.7 cm³/mol. The van der Waals surface area contributed by atoms with Gasteiger partial charge < -0.3 is 5.11 Å². The van der Waals surface area contributed by atoms with Crippen LogP contribution in [-0.4, -0.2) is 10.1 Å². The minimum Gasteiger partial charge on any atom is -0.388 e. The molecule has 0 fully saturated rings. The van der Waals surface area contributed by atoms with E-state index in [0.29, 0.717) is 0 Å². The molecule has 2 aromatic rings. The lowest BCUT2D eigenvalue weighted by molar-refractivity contribution is 0.167. The van der Waals surface area contributed by atoms with Gasteiger partial charge in [-0.3, -0.25) is 4.98 Å². The third-order valence-corrected chi connectivity index (χ3v) is 3.60. The minimum atomic E-state index is -0.439. The van der Waals surface area contributed by atoms with Gasteiger partial charge in [0.15, 0.2) is 0 Å². The van der Waals surface area contributed by atoms with Gasteiger partial charge in [-0.2, -0.15) is 0 Å². The van der Waals surface area contributed by atoms with Crippen LogP contribution >= 0.6 is 0 Å². The Bertz CT molecular complexity index is 526. The van der Waals surface area contributed by atoms with Crippen molar-refractivity contribution < 1.29 is 5.11 Å². The molecule has 0 amide bonds. The van der Waals surface area contributed by atoms with E-state index in [9.17, 15) is 5.11 Å². The number of aliphatic hydroxyl groups is 1. The molecule has 0 radical (unpaired) electrons. The van der Waals surface area contributed by atoms with Gasteiger partial charge in [0.2, 0.25) is 0 Å². The molecule has 1 N–H and O–H groups in total. The molecule has 1 aromatic heterocycles. The van der Waals surface area contributed by atoms with Crippen LogP contribution in [0.1, 0.15) is 50.0 Å². The van der Waals surface area contributed by atoms with Gasteiger partial charge in [0.05, 0.1) is 6.10 Å². The summed E-state index contributed by atoms with van der Waals surface area (Å²) in [5.74, 6) is 0. The molecule has 2 nitrogen and oxygen atoms in total. The summed E-state index contributed by atoms with van der Waals surface area (Å²) in [5.41, 5.74) is 3.68. The maximum Gasteiger partial charge on any atom is 0.0808 e. The third kappa shape index (κ3) is 3.91. The number of pyridine rings is 1. The van der Waals surface area contributed by atoms with Gasteiger partial charge in [0.1, 0.15) is 0 Å². The molecule has 0 bridgehead atoms. The highest BCUT2D eigenvalue weighted by atomic mass is 16.3. The van der Waals surface area contributed by atoms with Crippen molar-refractivity contribution in [3.05, 3.63) is 65.5 Å². The molecule has 2 rings (SSSR count). The summed E-state index contributed by atoms with van der Waals surface area (Å²) in [4.78, 5) is 4.04.